The molecule has 6 nitrogen and oxygen atoms in total. The number of halogens is 1. The topological polar surface area (TPSA) is 68.9 Å². The summed E-state index contributed by atoms with van der Waals surface area (Å²) in [6.07, 6.45) is 3.92. The van der Waals surface area contributed by atoms with Crippen LogP contribution >= 0.6 is 0 Å². The van der Waals surface area contributed by atoms with E-state index in [2.05, 4.69) is 5.32 Å². The standard InChI is InChI=1S/C21H23FN4O2/c1-14-11-17-20(21(28)25-10-4-2-3-5-18(25)24-17)26(14)13-19(27)23-12-15-6-8-16(22)9-7-15/h6-9,11H,2-5,10,12-13H2,1H3,(H,23,27). The smallest absolute Gasteiger partial charge is 0.278 e. The van der Waals surface area contributed by atoms with E-state index in [9.17, 15) is 14.0 Å². The Labute approximate surface area is 162 Å². The lowest BCUT2D eigenvalue weighted by atomic mass is 10.2. The monoisotopic (exact) mass is 382 g/mol. The molecular weight excluding hydrogens is 359 g/mol. The van der Waals surface area contributed by atoms with Crippen LogP contribution in [0.3, 0.4) is 0 Å². The fourth-order valence-electron chi connectivity index (χ4n) is 3.77. The number of nitrogens with one attached hydrogen (secondary N) is 1. The van der Waals surface area contributed by atoms with E-state index >= 15 is 0 Å². The van der Waals surface area contributed by atoms with Gasteiger partial charge in [-0.15, -0.1) is 0 Å². The molecule has 0 spiro atoms. The van der Waals surface area contributed by atoms with E-state index < -0.39 is 0 Å². The second-order valence-electron chi connectivity index (χ2n) is 7.30. The minimum absolute atomic E-state index is 0.0484. The van der Waals surface area contributed by atoms with Gasteiger partial charge in [0, 0.05) is 25.2 Å². The number of nitrogens with zero attached hydrogens (tertiary/aromatic N) is 3. The van der Waals surface area contributed by atoms with Crippen molar-refractivity contribution in [2.45, 2.75) is 52.2 Å². The van der Waals surface area contributed by atoms with Crippen molar-refractivity contribution in [2.75, 3.05) is 0 Å². The highest BCUT2D eigenvalue weighted by Crippen LogP contribution is 2.18. The Morgan fingerprint density at radius 2 is 2.00 bits per heavy atom. The number of carbonyl (C=O) groups excluding carboxylic acids is 1. The Hall–Kier alpha value is -2.96. The van der Waals surface area contributed by atoms with Crippen molar-refractivity contribution in [3.8, 4) is 0 Å². The second-order valence-corrected chi connectivity index (χ2v) is 7.30. The van der Waals surface area contributed by atoms with E-state index in [4.69, 9.17) is 4.98 Å². The summed E-state index contributed by atoms with van der Waals surface area (Å²) < 4.78 is 16.5. The number of hydrogen-bond donors (Lipinski definition) is 1. The minimum Gasteiger partial charge on any atom is -0.350 e. The highest BCUT2D eigenvalue weighted by molar-refractivity contribution is 5.81. The van der Waals surface area contributed by atoms with Gasteiger partial charge in [0.15, 0.2) is 0 Å². The summed E-state index contributed by atoms with van der Waals surface area (Å²) in [5.41, 5.74) is 2.72. The first kappa shape index (κ1) is 18.4. The highest BCUT2D eigenvalue weighted by Gasteiger charge is 2.19. The zero-order chi connectivity index (χ0) is 19.7. The summed E-state index contributed by atoms with van der Waals surface area (Å²) >= 11 is 0. The predicted octanol–water partition coefficient (Wildman–Crippen LogP) is 2.69. The molecule has 1 aliphatic heterocycles. The van der Waals surface area contributed by atoms with Gasteiger partial charge in [0.2, 0.25) is 5.91 Å². The van der Waals surface area contributed by atoms with Crippen LogP contribution in [0.15, 0.2) is 35.1 Å². The van der Waals surface area contributed by atoms with Crippen molar-refractivity contribution in [1.29, 1.82) is 0 Å². The van der Waals surface area contributed by atoms with Crippen molar-refractivity contribution >= 4 is 16.9 Å². The molecular formula is C21H23FN4O2. The lowest BCUT2D eigenvalue weighted by molar-refractivity contribution is -0.121. The average Bonchev–Trinajstić information content (AvgIpc) is 2.83. The molecule has 4 rings (SSSR count). The van der Waals surface area contributed by atoms with Crippen LogP contribution in [0.5, 0.6) is 0 Å². The molecule has 3 heterocycles. The Bertz CT molecular complexity index is 1080. The van der Waals surface area contributed by atoms with Gasteiger partial charge in [-0.25, -0.2) is 9.37 Å². The molecule has 1 N–H and O–H groups in total. The first-order chi connectivity index (χ1) is 13.5. The molecule has 7 heteroatoms. The van der Waals surface area contributed by atoms with Crippen LogP contribution in [0.25, 0.3) is 11.0 Å². The van der Waals surface area contributed by atoms with Crippen LogP contribution in [0.2, 0.25) is 0 Å². The third-order valence-electron chi connectivity index (χ3n) is 5.28. The van der Waals surface area contributed by atoms with Crippen molar-refractivity contribution in [1.82, 2.24) is 19.4 Å². The molecule has 1 aliphatic rings. The first-order valence-corrected chi connectivity index (χ1v) is 9.63. The molecule has 1 amide bonds. The molecule has 0 saturated carbocycles. The molecule has 0 radical (unpaired) electrons. The van der Waals surface area contributed by atoms with Crippen LogP contribution in [0, 0.1) is 12.7 Å². The largest absolute Gasteiger partial charge is 0.350 e. The zero-order valence-electron chi connectivity index (χ0n) is 15.9. The van der Waals surface area contributed by atoms with Gasteiger partial charge in [-0.2, -0.15) is 0 Å². The Morgan fingerprint density at radius 1 is 1.21 bits per heavy atom. The summed E-state index contributed by atoms with van der Waals surface area (Å²) in [6, 6.07) is 7.87. The van der Waals surface area contributed by atoms with Gasteiger partial charge in [-0.1, -0.05) is 18.6 Å². The second kappa shape index (κ2) is 7.58. The number of fused-ring (bicyclic) bond motifs is 2. The molecule has 3 aromatic rings. The van der Waals surface area contributed by atoms with E-state index in [0.717, 1.165) is 42.8 Å². The summed E-state index contributed by atoms with van der Waals surface area (Å²) in [6.45, 7) is 2.92. The van der Waals surface area contributed by atoms with Gasteiger partial charge in [-0.05, 0) is 43.5 Å². The summed E-state index contributed by atoms with van der Waals surface area (Å²) in [5.74, 6) is 0.328. The zero-order valence-corrected chi connectivity index (χ0v) is 15.9. The number of aromatic nitrogens is 3. The molecule has 146 valence electrons. The third-order valence-corrected chi connectivity index (χ3v) is 5.28. The van der Waals surface area contributed by atoms with Crippen molar-refractivity contribution in [3.05, 3.63) is 63.6 Å². The van der Waals surface area contributed by atoms with Crippen LogP contribution in [0.1, 0.15) is 36.3 Å². The van der Waals surface area contributed by atoms with Gasteiger partial charge in [0.05, 0.1) is 5.52 Å². The molecule has 28 heavy (non-hydrogen) atoms. The van der Waals surface area contributed by atoms with Crippen LogP contribution in [-0.2, 0) is 30.8 Å². The number of rotatable bonds is 4. The van der Waals surface area contributed by atoms with Gasteiger partial charge in [0.1, 0.15) is 23.7 Å². The molecule has 0 bridgehead atoms. The highest BCUT2D eigenvalue weighted by atomic mass is 19.1. The van der Waals surface area contributed by atoms with Crippen LogP contribution in [-0.4, -0.2) is 20.0 Å². The molecule has 0 fully saturated rings. The molecule has 0 unspecified atom stereocenters. The number of amides is 1. The lowest BCUT2D eigenvalue weighted by Crippen LogP contribution is -2.30. The fourth-order valence-corrected chi connectivity index (χ4v) is 3.77. The van der Waals surface area contributed by atoms with Gasteiger partial charge in [-0.3, -0.25) is 14.2 Å². The predicted molar refractivity (Wildman–Crippen MR) is 105 cm³/mol. The molecule has 0 saturated heterocycles. The number of aryl methyl sites for hydroxylation is 2. The summed E-state index contributed by atoms with van der Waals surface area (Å²) in [7, 11) is 0. The maximum atomic E-state index is 13.1. The molecule has 2 aromatic heterocycles. The SMILES string of the molecule is Cc1cc2nc3n(c(=O)c2n1CC(=O)NCc1ccc(F)cc1)CCCCC3. The summed E-state index contributed by atoms with van der Waals surface area (Å²) in [4.78, 5) is 30.3. The molecule has 0 atom stereocenters. The van der Waals surface area contributed by atoms with Gasteiger partial charge >= 0.3 is 0 Å². The quantitative estimate of drug-likeness (QED) is 0.754. The third kappa shape index (κ3) is 3.56. The van der Waals surface area contributed by atoms with E-state index in [-0.39, 0.29) is 23.8 Å². The van der Waals surface area contributed by atoms with Crippen molar-refractivity contribution in [3.63, 3.8) is 0 Å². The maximum Gasteiger partial charge on any atom is 0.278 e. The molecule has 1 aromatic carbocycles. The Balaban J connectivity index is 1.58. The van der Waals surface area contributed by atoms with Crippen molar-refractivity contribution in [2.24, 2.45) is 0 Å². The average molecular weight is 382 g/mol. The normalized spacial score (nSPS) is 13.9. The van der Waals surface area contributed by atoms with Gasteiger partial charge < -0.3 is 9.88 Å². The fraction of sp³-hybridized carbons (Fsp3) is 0.381. The van der Waals surface area contributed by atoms with Crippen LogP contribution < -0.4 is 10.9 Å². The number of carbonyl (C=O) groups is 1. The van der Waals surface area contributed by atoms with Crippen LogP contribution in [0.4, 0.5) is 4.39 Å². The Morgan fingerprint density at radius 3 is 2.79 bits per heavy atom. The summed E-state index contributed by atoms with van der Waals surface area (Å²) in [5, 5.41) is 2.83. The maximum absolute atomic E-state index is 13.1. The lowest BCUT2D eigenvalue weighted by Gasteiger charge is -2.12. The Kier molecular flexibility index (Phi) is 4.98. The molecule has 0 aliphatic carbocycles. The first-order valence-electron chi connectivity index (χ1n) is 9.63. The van der Waals surface area contributed by atoms with E-state index in [1.165, 1.54) is 12.1 Å². The van der Waals surface area contributed by atoms with E-state index in [1.54, 1.807) is 21.3 Å². The number of benzene rings is 1. The van der Waals surface area contributed by atoms with Gasteiger partial charge in [0.25, 0.3) is 5.56 Å². The number of hydrogen-bond acceptors (Lipinski definition) is 3. The minimum atomic E-state index is -0.309. The van der Waals surface area contributed by atoms with E-state index in [1.807, 2.05) is 13.0 Å². The van der Waals surface area contributed by atoms with E-state index in [0.29, 0.717) is 24.1 Å². The van der Waals surface area contributed by atoms with Crippen molar-refractivity contribution < 1.29 is 9.18 Å².